The van der Waals surface area contributed by atoms with Gasteiger partial charge < -0.3 is 10.1 Å². The third-order valence-electron chi connectivity index (χ3n) is 4.78. The van der Waals surface area contributed by atoms with Crippen LogP contribution in [0.3, 0.4) is 0 Å². The Balaban J connectivity index is 1.43. The molecule has 3 rings (SSSR count). The lowest BCUT2D eigenvalue weighted by molar-refractivity contribution is -0.274. The molecule has 0 aromatic heterocycles. The monoisotopic (exact) mass is 299 g/mol. The van der Waals surface area contributed by atoms with E-state index in [1.54, 1.807) is 12.1 Å². The number of alkyl halides is 3. The van der Waals surface area contributed by atoms with Crippen molar-refractivity contribution in [1.29, 1.82) is 0 Å². The quantitative estimate of drug-likeness (QED) is 0.883. The largest absolute Gasteiger partial charge is 0.573 e. The summed E-state index contributed by atoms with van der Waals surface area (Å²) in [6.07, 6.45) is 0.899. The minimum Gasteiger partial charge on any atom is -0.406 e. The third kappa shape index (κ3) is 3.90. The van der Waals surface area contributed by atoms with Crippen molar-refractivity contribution in [2.75, 3.05) is 6.54 Å². The fourth-order valence-electron chi connectivity index (χ4n) is 3.84. The molecule has 5 heteroatoms. The fourth-order valence-corrected chi connectivity index (χ4v) is 3.84. The molecule has 0 radical (unpaired) electrons. The van der Waals surface area contributed by atoms with E-state index in [1.807, 2.05) is 0 Å². The molecule has 2 nitrogen and oxygen atoms in total. The Bertz CT molecular complexity index is 471. The van der Waals surface area contributed by atoms with Crippen molar-refractivity contribution in [2.45, 2.75) is 38.6 Å². The highest BCUT2D eigenvalue weighted by Gasteiger charge is 2.38. The maximum absolute atomic E-state index is 12.1. The first-order chi connectivity index (χ1) is 9.99. The van der Waals surface area contributed by atoms with Gasteiger partial charge in [0.1, 0.15) is 5.75 Å². The van der Waals surface area contributed by atoms with Crippen molar-refractivity contribution in [2.24, 2.45) is 17.8 Å². The van der Waals surface area contributed by atoms with Crippen LogP contribution in [0.2, 0.25) is 0 Å². The summed E-state index contributed by atoms with van der Waals surface area (Å²) in [6, 6.07) is 6.08. The SMILES string of the molecule is FC(F)(F)Oc1ccc(CNCC2CC3CCC2C3)cc1. The normalized spacial score (nSPS) is 28.0. The maximum atomic E-state index is 12.1. The molecule has 0 heterocycles. The van der Waals surface area contributed by atoms with Gasteiger partial charge in [0.15, 0.2) is 0 Å². The summed E-state index contributed by atoms with van der Waals surface area (Å²) < 4.78 is 40.0. The van der Waals surface area contributed by atoms with Crippen LogP contribution in [0.25, 0.3) is 0 Å². The molecular weight excluding hydrogens is 279 g/mol. The Kier molecular flexibility index (Phi) is 4.11. The molecule has 0 aliphatic heterocycles. The molecule has 1 aromatic carbocycles. The van der Waals surface area contributed by atoms with E-state index in [2.05, 4.69) is 10.1 Å². The number of halogens is 3. The van der Waals surface area contributed by atoms with Crippen molar-refractivity contribution in [3.05, 3.63) is 29.8 Å². The van der Waals surface area contributed by atoms with Gasteiger partial charge in [0, 0.05) is 6.54 Å². The number of rotatable bonds is 5. The lowest BCUT2D eigenvalue weighted by atomic mass is 9.89. The van der Waals surface area contributed by atoms with Crippen LogP contribution in [-0.4, -0.2) is 12.9 Å². The number of fused-ring (bicyclic) bond motifs is 2. The number of benzene rings is 1. The van der Waals surface area contributed by atoms with Gasteiger partial charge in [0.2, 0.25) is 0 Å². The third-order valence-corrected chi connectivity index (χ3v) is 4.78. The van der Waals surface area contributed by atoms with E-state index in [0.717, 1.165) is 29.9 Å². The van der Waals surface area contributed by atoms with Gasteiger partial charge >= 0.3 is 6.36 Å². The molecule has 2 bridgehead atoms. The molecule has 2 aliphatic carbocycles. The number of nitrogens with one attached hydrogen (secondary N) is 1. The summed E-state index contributed by atoms with van der Waals surface area (Å²) in [5, 5.41) is 3.43. The summed E-state index contributed by atoms with van der Waals surface area (Å²) in [7, 11) is 0. The summed E-state index contributed by atoms with van der Waals surface area (Å²) in [4.78, 5) is 0. The van der Waals surface area contributed by atoms with Crippen LogP contribution in [0, 0.1) is 17.8 Å². The molecule has 3 unspecified atom stereocenters. The summed E-state index contributed by atoms with van der Waals surface area (Å²) in [5.41, 5.74) is 0.979. The predicted octanol–water partition coefficient (Wildman–Crippen LogP) is 4.11. The van der Waals surface area contributed by atoms with Crippen molar-refractivity contribution in [3.8, 4) is 5.75 Å². The van der Waals surface area contributed by atoms with Gasteiger partial charge in [0.05, 0.1) is 0 Å². The zero-order chi connectivity index (χ0) is 14.9. The summed E-state index contributed by atoms with van der Waals surface area (Å²) in [5.74, 6) is 2.46. The van der Waals surface area contributed by atoms with E-state index < -0.39 is 6.36 Å². The first-order valence-corrected chi connectivity index (χ1v) is 7.55. The topological polar surface area (TPSA) is 21.3 Å². The molecule has 0 saturated heterocycles. The molecule has 2 fully saturated rings. The van der Waals surface area contributed by atoms with Gasteiger partial charge in [-0.25, -0.2) is 0 Å². The van der Waals surface area contributed by atoms with Gasteiger partial charge in [-0.2, -0.15) is 0 Å². The van der Waals surface area contributed by atoms with E-state index in [4.69, 9.17) is 0 Å². The van der Waals surface area contributed by atoms with Crippen LogP contribution < -0.4 is 10.1 Å². The van der Waals surface area contributed by atoms with Crippen LogP contribution in [-0.2, 0) is 6.54 Å². The van der Waals surface area contributed by atoms with E-state index >= 15 is 0 Å². The van der Waals surface area contributed by atoms with E-state index in [1.165, 1.54) is 37.8 Å². The molecule has 1 aromatic rings. The number of hydrogen-bond donors (Lipinski definition) is 1. The second kappa shape index (κ2) is 5.87. The Morgan fingerprint density at radius 2 is 1.86 bits per heavy atom. The highest BCUT2D eigenvalue weighted by atomic mass is 19.4. The van der Waals surface area contributed by atoms with E-state index in [-0.39, 0.29) is 5.75 Å². The van der Waals surface area contributed by atoms with Crippen molar-refractivity contribution < 1.29 is 17.9 Å². The zero-order valence-electron chi connectivity index (χ0n) is 11.8. The van der Waals surface area contributed by atoms with Crippen LogP contribution in [0.4, 0.5) is 13.2 Å². The molecular formula is C16H20F3NO. The predicted molar refractivity (Wildman–Crippen MR) is 73.8 cm³/mol. The standard InChI is InChI=1S/C16H20F3NO/c17-16(18,19)21-15-5-2-11(3-6-15)9-20-10-14-8-12-1-4-13(14)7-12/h2-3,5-6,12-14,20H,1,4,7-10H2. The molecule has 0 amide bonds. The lowest BCUT2D eigenvalue weighted by Crippen LogP contribution is -2.26. The van der Waals surface area contributed by atoms with Crippen molar-refractivity contribution >= 4 is 0 Å². The number of ether oxygens (including phenoxy) is 1. The van der Waals surface area contributed by atoms with E-state index in [9.17, 15) is 13.2 Å². The Morgan fingerprint density at radius 3 is 2.43 bits per heavy atom. The summed E-state index contributed by atoms with van der Waals surface area (Å²) in [6.45, 7) is 1.71. The van der Waals surface area contributed by atoms with Gasteiger partial charge in [-0.05, 0) is 61.3 Å². The lowest BCUT2D eigenvalue weighted by Gasteiger charge is -2.21. The first-order valence-electron chi connectivity index (χ1n) is 7.55. The second-order valence-electron chi connectivity index (χ2n) is 6.26. The van der Waals surface area contributed by atoms with Gasteiger partial charge in [-0.3, -0.25) is 0 Å². The minimum absolute atomic E-state index is 0.167. The van der Waals surface area contributed by atoms with E-state index in [0.29, 0.717) is 6.54 Å². The van der Waals surface area contributed by atoms with Crippen molar-refractivity contribution in [1.82, 2.24) is 5.32 Å². The molecule has 116 valence electrons. The van der Waals surface area contributed by atoms with Crippen LogP contribution in [0.1, 0.15) is 31.2 Å². The smallest absolute Gasteiger partial charge is 0.406 e. The molecule has 3 atom stereocenters. The van der Waals surface area contributed by atoms with Gasteiger partial charge in [-0.1, -0.05) is 18.6 Å². The van der Waals surface area contributed by atoms with Crippen LogP contribution in [0.15, 0.2) is 24.3 Å². The Labute approximate surface area is 122 Å². The molecule has 0 spiro atoms. The molecule has 2 aliphatic rings. The highest BCUT2D eigenvalue weighted by Crippen LogP contribution is 2.47. The van der Waals surface area contributed by atoms with Gasteiger partial charge in [-0.15, -0.1) is 13.2 Å². The van der Waals surface area contributed by atoms with Gasteiger partial charge in [0.25, 0.3) is 0 Å². The molecule has 21 heavy (non-hydrogen) atoms. The minimum atomic E-state index is -4.62. The maximum Gasteiger partial charge on any atom is 0.573 e. The van der Waals surface area contributed by atoms with Crippen molar-refractivity contribution in [3.63, 3.8) is 0 Å². The molecule has 1 N–H and O–H groups in total. The zero-order valence-corrected chi connectivity index (χ0v) is 11.8. The highest BCUT2D eigenvalue weighted by molar-refractivity contribution is 5.27. The second-order valence-corrected chi connectivity index (χ2v) is 6.26. The average Bonchev–Trinajstić information content (AvgIpc) is 3.01. The Morgan fingerprint density at radius 1 is 1.10 bits per heavy atom. The van der Waals surface area contributed by atoms with Crippen LogP contribution in [0.5, 0.6) is 5.75 Å². The average molecular weight is 299 g/mol. The molecule has 2 saturated carbocycles. The fraction of sp³-hybridized carbons (Fsp3) is 0.625. The van der Waals surface area contributed by atoms with Crippen LogP contribution >= 0.6 is 0 Å². The Hall–Kier alpha value is -1.23. The first kappa shape index (κ1) is 14.7. The summed E-state index contributed by atoms with van der Waals surface area (Å²) >= 11 is 0. The number of hydrogen-bond acceptors (Lipinski definition) is 2.